The molecule has 1 aliphatic heterocycles. The Bertz CT molecular complexity index is 481. The van der Waals surface area contributed by atoms with E-state index in [0.29, 0.717) is 24.3 Å². The second-order valence-corrected chi connectivity index (χ2v) is 4.45. The topological polar surface area (TPSA) is 77.6 Å². The molecule has 2 N–H and O–H groups in total. The van der Waals surface area contributed by atoms with Crippen LogP contribution in [-0.4, -0.2) is 41.0 Å². The summed E-state index contributed by atoms with van der Waals surface area (Å²) in [7, 11) is 3.09. The van der Waals surface area contributed by atoms with Crippen LogP contribution in [0, 0.1) is 0 Å². The number of aromatic nitrogens is 1. The number of hydrogen-bond donors (Lipinski definition) is 1. The molecule has 1 atom stereocenters. The van der Waals surface area contributed by atoms with Crippen LogP contribution in [0.25, 0.3) is 0 Å². The molecule has 2 heterocycles. The second kappa shape index (κ2) is 4.72. The average Bonchev–Trinajstić information content (AvgIpc) is 2.94. The number of aryl methyl sites for hydroxylation is 1. The minimum atomic E-state index is -0.473. The number of anilines is 1. The van der Waals surface area contributed by atoms with Crippen LogP contribution in [0.3, 0.4) is 0 Å². The van der Waals surface area contributed by atoms with E-state index in [-0.39, 0.29) is 11.9 Å². The quantitative estimate of drug-likeness (QED) is 0.771. The smallest absolute Gasteiger partial charge is 0.328 e. The standard InChI is InChI=1S/C12H17N3O3/c1-14-7-8(13)6-10(14)11(16)15-5-3-4-9(15)12(17)18-2/h6-7,9H,3-5,13H2,1-2H3. The van der Waals surface area contributed by atoms with Gasteiger partial charge < -0.3 is 19.9 Å². The third kappa shape index (κ3) is 2.05. The Morgan fingerprint density at radius 3 is 2.78 bits per heavy atom. The Labute approximate surface area is 105 Å². The highest BCUT2D eigenvalue weighted by atomic mass is 16.5. The number of rotatable bonds is 2. The second-order valence-electron chi connectivity index (χ2n) is 4.45. The number of hydrogen-bond acceptors (Lipinski definition) is 4. The molecule has 1 aromatic rings. The summed E-state index contributed by atoms with van der Waals surface area (Å²) in [4.78, 5) is 25.5. The van der Waals surface area contributed by atoms with Gasteiger partial charge in [-0.2, -0.15) is 0 Å². The van der Waals surface area contributed by atoms with Crippen LogP contribution in [-0.2, 0) is 16.6 Å². The molecule has 98 valence electrons. The molecule has 0 saturated carbocycles. The van der Waals surface area contributed by atoms with E-state index in [4.69, 9.17) is 10.5 Å². The van der Waals surface area contributed by atoms with Gasteiger partial charge in [-0.15, -0.1) is 0 Å². The Kier molecular flexibility index (Phi) is 3.27. The van der Waals surface area contributed by atoms with Gasteiger partial charge in [-0.25, -0.2) is 4.79 Å². The van der Waals surface area contributed by atoms with E-state index in [9.17, 15) is 9.59 Å². The summed E-state index contributed by atoms with van der Waals surface area (Å²) < 4.78 is 6.39. The molecule has 6 heteroatoms. The van der Waals surface area contributed by atoms with E-state index >= 15 is 0 Å². The lowest BCUT2D eigenvalue weighted by Gasteiger charge is -2.22. The van der Waals surface area contributed by atoms with Gasteiger partial charge in [0.1, 0.15) is 11.7 Å². The van der Waals surface area contributed by atoms with Crippen LogP contribution < -0.4 is 5.73 Å². The average molecular weight is 251 g/mol. The summed E-state index contributed by atoms with van der Waals surface area (Å²) in [6.07, 6.45) is 3.14. The summed E-state index contributed by atoms with van der Waals surface area (Å²) in [5.74, 6) is -0.537. The molecule has 0 aliphatic carbocycles. The van der Waals surface area contributed by atoms with Gasteiger partial charge in [0.05, 0.1) is 12.8 Å². The largest absolute Gasteiger partial charge is 0.467 e. The highest BCUT2D eigenvalue weighted by molar-refractivity contribution is 5.96. The number of ether oxygens (including phenoxy) is 1. The summed E-state index contributed by atoms with van der Waals surface area (Å²) >= 11 is 0. The van der Waals surface area contributed by atoms with Crippen LogP contribution in [0.15, 0.2) is 12.3 Å². The molecule has 6 nitrogen and oxygen atoms in total. The van der Waals surface area contributed by atoms with Gasteiger partial charge in [0.15, 0.2) is 0 Å². The Morgan fingerprint density at radius 1 is 1.50 bits per heavy atom. The lowest BCUT2D eigenvalue weighted by molar-refractivity contribution is -0.145. The third-order valence-corrected chi connectivity index (χ3v) is 3.23. The van der Waals surface area contributed by atoms with Crippen molar-refractivity contribution in [2.45, 2.75) is 18.9 Å². The normalized spacial score (nSPS) is 19.0. The molecular formula is C12H17N3O3. The number of carbonyl (C=O) groups excluding carboxylic acids is 2. The van der Waals surface area contributed by atoms with Crippen molar-refractivity contribution in [3.8, 4) is 0 Å². The van der Waals surface area contributed by atoms with Crippen molar-refractivity contribution in [1.82, 2.24) is 9.47 Å². The SMILES string of the molecule is COC(=O)C1CCCN1C(=O)c1cc(N)cn1C. The van der Waals surface area contributed by atoms with E-state index < -0.39 is 6.04 Å². The number of amides is 1. The van der Waals surface area contributed by atoms with Crippen molar-refractivity contribution in [2.75, 3.05) is 19.4 Å². The number of nitrogens with two attached hydrogens (primary N) is 1. The zero-order valence-electron chi connectivity index (χ0n) is 10.5. The fourth-order valence-electron chi connectivity index (χ4n) is 2.34. The zero-order chi connectivity index (χ0) is 13.3. The van der Waals surface area contributed by atoms with Gasteiger partial charge in [0, 0.05) is 19.8 Å². The third-order valence-electron chi connectivity index (χ3n) is 3.23. The molecule has 0 radical (unpaired) electrons. The monoisotopic (exact) mass is 251 g/mol. The molecule has 1 unspecified atom stereocenters. The number of nitrogens with zero attached hydrogens (tertiary/aromatic N) is 2. The van der Waals surface area contributed by atoms with Crippen LogP contribution in [0.5, 0.6) is 0 Å². The van der Waals surface area contributed by atoms with Gasteiger partial charge >= 0.3 is 5.97 Å². The molecule has 0 spiro atoms. The molecule has 1 aliphatic rings. The van der Waals surface area contributed by atoms with Gasteiger partial charge in [0.25, 0.3) is 5.91 Å². The van der Waals surface area contributed by atoms with Crippen molar-refractivity contribution >= 4 is 17.6 Å². The lowest BCUT2D eigenvalue weighted by atomic mass is 10.2. The maximum atomic E-state index is 12.4. The number of carbonyl (C=O) groups is 2. The lowest BCUT2D eigenvalue weighted by Crippen LogP contribution is -2.41. The maximum absolute atomic E-state index is 12.4. The fraction of sp³-hybridized carbons (Fsp3) is 0.500. The molecule has 0 aromatic carbocycles. The van der Waals surface area contributed by atoms with Gasteiger partial charge in [-0.3, -0.25) is 4.79 Å². The molecular weight excluding hydrogens is 234 g/mol. The summed E-state index contributed by atoms with van der Waals surface area (Å²) in [5, 5.41) is 0. The number of esters is 1. The highest BCUT2D eigenvalue weighted by Crippen LogP contribution is 2.22. The van der Waals surface area contributed by atoms with E-state index in [0.717, 1.165) is 6.42 Å². The number of methoxy groups -OCH3 is 1. The Hall–Kier alpha value is -1.98. The van der Waals surface area contributed by atoms with Gasteiger partial charge in [-0.05, 0) is 18.9 Å². The molecule has 18 heavy (non-hydrogen) atoms. The van der Waals surface area contributed by atoms with E-state index in [1.165, 1.54) is 7.11 Å². The van der Waals surface area contributed by atoms with Crippen molar-refractivity contribution in [2.24, 2.45) is 7.05 Å². The van der Waals surface area contributed by atoms with Crippen LogP contribution in [0.4, 0.5) is 5.69 Å². The molecule has 0 bridgehead atoms. The summed E-state index contributed by atoms with van der Waals surface area (Å²) in [5.41, 5.74) is 6.68. The number of nitrogen functional groups attached to an aromatic ring is 1. The molecule has 1 aromatic heterocycles. The summed E-state index contributed by atoms with van der Waals surface area (Å²) in [6, 6.07) is 1.15. The fourth-order valence-corrected chi connectivity index (χ4v) is 2.34. The predicted octanol–water partition coefficient (Wildman–Crippen LogP) is 0.385. The Balaban J connectivity index is 2.23. The zero-order valence-corrected chi connectivity index (χ0v) is 10.5. The molecule has 1 amide bonds. The first-order valence-electron chi connectivity index (χ1n) is 5.85. The molecule has 1 saturated heterocycles. The van der Waals surface area contributed by atoms with Gasteiger partial charge in [0.2, 0.25) is 0 Å². The first-order valence-corrected chi connectivity index (χ1v) is 5.85. The maximum Gasteiger partial charge on any atom is 0.328 e. The van der Waals surface area contributed by atoms with E-state index in [1.54, 1.807) is 28.8 Å². The van der Waals surface area contributed by atoms with Crippen molar-refractivity contribution in [3.63, 3.8) is 0 Å². The molecule has 1 fully saturated rings. The predicted molar refractivity (Wildman–Crippen MR) is 65.9 cm³/mol. The van der Waals surface area contributed by atoms with Gasteiger partial charge in [-0.1, -0.05) is 0 Å². The van der Waals surface area contributed by atoms with Crippen LogP contribution in [0.2, 0.25) is 0 Å². The van der Waals surface area contributed by atoms with Crippen molar-refractivity contribution in [1.29, 1.82) is 0 Å². The van der Waals surface area contributed by atoms with E-state index in [2.05, 4.69) is 0 Å². The van der Waals surface area contributed by atoms with Crippen molar-refractivity contribution in [3.05, 3.63) is 18.0 Å². The van der Waals surface area contributed by atoms with Crippen LogP contribution in [0.1, 0.15) is 23.3 Å². The Morgan fingerprint density at radius 2 is 2.22 bits per heavy atom. The summed E-state index contributed by atoms with van der Waals surface area (Å²) in [6.45, 7) is 0.573. The number of likely N-dealkylation sites (tertiary alicyclic amines) is 1. The van der Waals surface area contributed by atoms with Crippen molar-refractivity contribution < 1.29 is 14.3 Å². The van der Waals surface area contributed by atoms with Crippen LogP contribution >= 0.6 is 0 Å². The minimum absolute atomic E-state index is 0.179. The van der Waals surface area contributed by atoms with E-state index in [1.807, 2.05) is 0 Å². The first-order chi connectivity index (χ1) is 8.54. The molecule has 2 rings (SSSR count). The highest BCUT2D eigenvalue weighted by Gasteiger charge is 2.36. The first kappa shape index (κ1) is 12.5. The minimum Gasteiger partial charge on any atom is -0.467 e.